The van der Waals surface area contributed by atoms with Crippen molar-refractivity contribution in [1.82, 2.24) is 4.98 Å². The highest BCUT2D eigenvalue weighted by Crippen LogP contribution is 2.27. The Hall–Kier alpha value is -2.56. The van der Waals surface area contributed by atoms with Crippen LogP contribution in [0.5, 0.6) is 5.75 Å². The zero-order chi connectivity index (χ0) is 15.2. The Kier molecular flexibility index (Phi) is 4.77. The first-order valence-corrected chi connectivity index (χ1v) is 6.83. The summed E-state index contributed by atoms with van der Waals surface area (Å²) in [6, 6.07) is 9.00. The summed E-state index contributed by atoms with van der Waals surface area (Å²) in [6.07, 6.45) is 3.94. The molecule has 0 atom stereocenters. The highest BCUT2D eigenvalue weighted by Gasteiger charge is 2.21. The number of benzene rings is 1. The van der Waals surface area contributed by atoms with Crippen LogP contribution in [0, 0.1) is 0 Å². The van der Waals surface area contributed by atoms with E-state index in [1.165, 1.54) is 13.3 Å². The summed E-state index contributed by atoms with van der Waals surface area (Å²) in [5, 5.41) is 0. The first kappa shape index (κ1) is 14.8. The number of aromatic nitrogens is 1. The second kappa shape index (κ2) is 6.74. The van der Waals surface area contributed by atoms with Crippen LogP contribution < -0.4 is 15.4 Å². The van der Waals surface area contributed by atoms with Crippen molar-refractivity contribution in [1.29, 1.82) is 0 Å². The largest absolute Gasteiger partial charge is 0.494 e. The van der Waals surface area contributed by atoms with Gasteiger partial charge in [0, 0.05) is 12.7 Å². The number of amides is 1. The third kappa shape index (κ3) is 3.13. The lowest BCUT2D eigenvalue weighted by molar-refractivity contribution is 0.0984. The molecule has 0 aliphatic heterocycles. The fourth-order valence-electron chi connectivity index (χ4n) is 2.15. The van der Waals surface area contributed by atoms with Crippen molar-refractivity contribution in [3.63, 3.8) is 0 Å². The Morgan fingerprint density at radius 2 is 2.10 bits per heavy atom. The molecule has 5 heteroatoms. The lowest BCUT2D eigenvalue weighted by Crippen LogP contribution is -2.32. The molecule has 0 radical (unpaired) electrons. The van der Waals surface area contributed by atoms with Gasteiger partial charge in [0.15, 0.2) is 0 Å². The fourth-order valence-corrected chi connectivity index (χ4v) is 2.15. The van der Waals surface area contributed by atoms with E-state index in [-0.39, 0.29) is 5.91 Å². The highest BCUT2D eigenvalue weighted by molar-refractivity contribution is 6.09. The normalized spacial score (nSPS) is 10.2. The van der Waals surface area contributed by atoms with Crippen molar-refractivity contribution in [2.45, 2.75) is 13.3 Å². The van der Waals surface area contributed by atoms with Crippen LogP contribution in [0.2, 0.25) is 0 Å². The molecular weight excluding hydrogens is 266 g/mol. The number of hydrogen-bond donors (Lipinski definition) is 1. The van der Waals surface area contributed by atoms with Crippen molar-refractivity contribution in [2.24, 2.45) is 0 Å². The number of ether oxygens (including phenoxy) is 1. The number of carbonyl (C=O) groups excluding carboxylic acids is 1. The zero-order valence-electron chi connectivity index (χ0n) is 12.2. The number of nitrogens with two attached hydrogens (primary N) is 1. The minimum absolute atomic E-state index is 0.144. The number of rotatable bonds is 5. The number of pyridine rings is 1. The van der Waals surface area contributed by atoms with Gasteiger partial charge in [-0.15, -0.1) is 0 Å². The van der Waals surface area contributed by atoms with Gasteiger partial charge in [0.05, 0.1) is 30.2 Å². The van der Waals surface area contributed by atoms with Gasteiger partial charge in [0.2, 0.25) is 0 Å². The molecule has 2 N–H and O–H groups in total. The summed E-state index contributed by atoms with van der Waals surface area (Å²) in [7, 11) is 1.52. The van der Waals surface area contributed by atoms with E-state index in [4.69, 9.17) is 10.5 Å². The van der Waals surface area contributed by atoms with Crippen molar-refractivity contribution < 1.29 is 9.53 Å². The maximum atomic E-state index is 12.8. The molecule has 2 aromatic rings. The van der Waals surface area contributed by atoms with Crippen molar-refractivity contribution in [2.75, 3.05) is 24.3 Å². The number of carbonyl (C=O) groups is 1. The van der Waals surface area contributed by atoms with Crippen LogP contribution >= 0.6 is 0 Å². The maximum absolute atomic E-state index is 12.8. The highest BCUT2D eigenvalue weighted by atomic mass is 16.5. The van der Waals surface area contributed by atoms with Gasteiger partial charge < -0.3 is 15.4 Å². The molecule has 0 unspecified atom stereocenters. The molecule has 21 heavy (non-hydrogen) atoms. The molecule has 0 bridgehead atoms. The molecule has 2 rings (SSSR count). The quantitative estimate of drug-likeness (QED) is 0.858. The predicted octanol–water partition coefficient (Wildman–Crippen LogP) is 2.73. The van der Waals surface area contributed by atoms with Crippen LogP contribution in [-0.2, 0) is 0 Å². The molecule has 0 saturated carbocycles. The lowest BCUT2D eigenvalue weighted by Gasteiger charge is -2.24. The second-order valence-corrected chi connectivity index (χ2v) is 4.59. The first-order chi connectivity index (χ1) is 10.2. The summed E-state index contributed by atoms with van der Waals surface area (Å²) in [4.78, 5) is 18.5. The minimum atomic E-state index is -0.144. The molecule has 0 spiro atoms. The van der Waals surface area contributed by atoms with Crippen LogP contribution in [0.3, 0.4) is 0 Å². The Labute approximate surface area is 124 Å². The molecule has 5 nitrogen and oxygen atoms in total. The van der Waals surface area contributed by atoms with Gasteiger partial charge >= 0.3 is 0 Å². The van der Waals surface area contributed by atoms with Gasteiger partial charge in [0.1, 0.15) is 5.75 Å². The third-order valence-corrected chi connectivity index (χ3v) is 3.15. The molecule has 0 saturated heterocycles. The molecule has 1 aromatic carbocycles. The van der Waals surface area contributed by atoms with Crippen LogP contribution in [0.25, 0.3) is 0 Å². The van der Waals surface area contributed by atoms with Crippen LogP contribution in [0.1, 0.15) is 23.7 Å². The SMILES string of the molecule is CCCN(C(=O)c1ccncc1OC)c1ccccc1N. The van der Waals surface area contributed by atoms with Gasteiger partial charge in [0.25, 0.3) is 5.91 Å². The van der Waals surface area contributed by atoms with E-state index in [0.717, 1.165) is 6.42 Å². The molecule has 1 amide bonds. The van der Waals surface area contributed by atoms with Gasteiger partial charge in [-0.05, 0) is 24.6 Å². The van der Waals surface area contributed by atoms with Gasteiger partial charge in [-0.1, -0.05) is 19.1 Å². The van der Waals surface area contributed by atoms with Crippen LogP contribution in [0.15, 0.2) is 42.7 Å². The van der Waals surface area contributed by atoms with E-state index < -0.39 is 0 Å². The van der Waals surface area contributed by atoms with Crippen molar-refractivity contribution >= 4 is 17.3 Å². The topological polar surface area (TPSA) is 68.5 Å². The monoisotopic (exact) mass is 285 g/mol. The summed E-state index contributed by atoms with van der Waals surface area (Å²) in [6.45, 7) is 2.60. The van der Waals surface area contributed by atoms with Crippen LogP contribution in [-0.4, -0.2) is 24.5 Å². The van der Waals surface area contributed by atoms with E-state index >= 15 is 0 Å². The van der Waals surface area contributed by atoms with E-state index in [1.54, 1.807) is 23.2 Å². The standard InChI is InChI=1S/C16H19N3O2/c1-3-10-19(14-7-5-4-6-13(14)17)16(20)12-8-9-18-11-15(12)21-2/h4-9,11H,3,10,17H2,1-2H3. The van der Waals surface area contributed by atoms with Gasteiger partial charge in [-0.3, -0.25) is 9.78 Å². The van der Waals surface area contributed by atoms with Crippen molar-refractivity contribution in [3.05, 3.63) is 48.3 Å². The van der Waals surface area contributed by atoms with E-state index in [0.29, 0.717) is 29.2 Å². The average molecular weight is 285 g/mol. The molecular formula is C16H19N3O2. The molecule has 0 fully saturated rings. The predicted molar refractivity (Wildman–Crippen MR) is 83.6 cm³/mol. The maximum Gasteiger partial charge on any atom is 0.262 e. The molecule has 110 valence electrons. The van der Waals surface area contributed by atoms with Gasteiger partial charge in [-0.25, -0.2) is 0 Å². The average Bonchev–Trinajstić information content (AvgIpc) is 2.53. The zero-order valence-corrected chi connectivity index (χ0v) is 12.2. The van der Waals surface area contributed by atoms with Crippen molar-refractivity contribution in [3.8, 4) is 5.75 Å². The summed E-state index contributed by atoms with van der Waals surface area (Å²) < 4.78 is 5.22. The number of nitrogen functional groups attached to an aromatic ring is 1. The molecule has 0 aliphatic rings. The Balaban J connectivity index is 2.43. The smallest absolute Gasteiger partial charge is 0.262 e. The second-order valence-electron chi connectivity index (χ2n) is 4.59. The van der Waals surface area contributed by atoms with E-state index in [9.17, 15) is 4.79 Å². The number of methoxy groups -OCH3 is 1. The summed E-state index contributed by atoms with van der Waals surface area (Å²) in [5.74, 6) is 0.312. The summed E-state index contributed by atoms with van der Waals surface area (Å²) >= 11 is 0. The summed E-state index contributed by atoms with van der Waals surface area (Å²) in [5.41, 5.74) is 7.76. The van der Waals surface area contributed by atoms with Crippen LogP contribution in [0.4, 0.5) is 11.4 Å². The molecule has 1 aromatic heterocycles. The van der Waals surface area contributed by atoms with E-state index in [2.05, 4.69) is 4.98 Å². The Morgan fingerprint density at radius 3 is 2.76 bits per heavy atom. The number of para-hydroxylation sites is 2. The lowest BCUT2D eigenvalue weighted by atomic mass is 10.1. The first-order valence-electron chi connectivity index (χ1n) is 6.83. The minimum Gasteiger partial charge on any atom is -0.494 e. The molecule has 1 heterocycles. The number of hydrogen-bond acceptors (Lipinski definition) is 4. The third-order valence-electron chi connectivity index (χ3n) is 3.15. The van der Waals surface area contributed by atoms with E-state index in [1.807, 2.05) is 25.1 Å². The molecule has 0 aliphatic carbocycles. The Bertz CT molecular complexity index is 628. The number of nitrogens with zero attached hydrogens (tertiary/aromatic N) is 2. The van der Waals surface area contributed by atoms with Gasteiger partial charge in [-0.2, -0.15) is 0 Å². The Morgan fingerprint density at radius 1 is 1.33 bits per heavy atom. The number of anilines is 2. The fraction of sp³-hybridized carbons (Fsp3) is 0.250.